The maximum Gasteiger partial charge on any atom is 0.307 e. The van der Waals surface area contributed by atoms with Gasteiger partial charge in [0.1, 0.15) is 5.75 Å². The highest BCUT2D eigenvalue weighted by molar-refractivity contribution is 5.83. The van der Waals surface area contributed by atoms with Crippen molar-refractivity contribution in [2.24, 2.45) is 0 Å². The van der Waals surface area contributed by atoms with Crippen LogP contribution in [0.15, 0.2) is 60.7 Å². The average Bonchev–Trinajstić information content (AvgIpc) is 2.55. The standard InChI is InChI=1S/C19H16O4/c1-22-18-10-13(11-19(20)21)6-9-17(18)23-16-8-7-14-4-2-3-5-15(14)12-16/h2-10,12H,11H2,1H3,(H,20,21). The van der Waals surface area contributed by atoms with Gasteiger partial charge in [0.15, 0.2) is 11.5 Å². The molecular formula is C19H16O4. The van der Waals surface area contributed by atoms with Crippen molar-refractivity contribution in [2.45, 2.75) is 6.42 Å². The Morgan fingerprint density at radius 3 is 2.48 bits per heavy atom. The predicted octanol–water partition coefficient (Wildman–Crippen LogP) is 4.27. The quantitative estimate of drug-likeness (QED) is 0.765. The zero-order valence-electron chi connectivity index (χ0n) is 12.7. The van der Waals surface area contributed by atoms with Gasteiger partial charge in [-0.15, -0.1) is 0 Å². The molecule has 0 bridgehead atoms. The molecule has 4 heteroatoms. The van der Waals surface area contributed by atoms with Gasteiger partial charge >= 0.3 is 5.97 Å². The van der Waals surface area contributed by atoms with E-state index in [0.29, 0.717) is 22.8 Å². The Morgan fingerprint density at radius 1 is 0.957 bits per heavy atom. The van der Waals surface area contributed by atoms with Crippen molar-refractivity contribution in [2.75, 3.05) is 7.11 Å². The zero-order valence-corrected chi connectivity index (χ0v) is 12.7. The van der Waals surface area contributed by atoms with Crippen LogP contribution in [-0.2, 0) is 11.2 Å². The number of aliphatic carboxylic acids is 1. The summed E-state index contributed by atoms with van der Waals surface area (Å²) < 4.78 is 11.2. The van der Waals surface area contributed by atoms with Crippen molar-refractivity contribution in [3.63, 3.8) is 0 Å². The van der Waals surface area contributed by atoms with Crippen LogP contribution in [0.5, 0.6) is 17.2 Å². The van der Waals surface area contributed by atoms with Crippen molar-refractivity contribution in [3.8, 4) is 17.2 Å². The number of ether oxygens (including phenoxy) is 2. The molecule has 0 unspecified atom stereocenters. The number of fused-ring (bicyclic) bond motifs is 1. The normalized spacial score (nSPS) is 10.5. The van der Waals surface area contributed by atoms with E-state index < -0.39 is 5.97 Å². The SMILES string of the molecule is COc1cc(CC(=O)O)ccc1Oc1ccc2ccccc2c1. The Hall–Kier alpha value is -3.01. The van der Waals surface area contributed by atoms with Gasteiger partial charge in [0.25, 0.3) is 0 Å². The maximum atomic E-state index is 10.8. The first-order valence-corrected chi connectivity index (χ1v) is 7.21. The lowest BCUT2D eigenvalue weighted by atomic mass is 10.1. The molecule has 0 aliphatic rings. The summed E-state index contributed by atoms with van der Waals surface area (Å²) in [5, 5.41) is 11.1. The number of benzene rings is 3. The molecule has 3 aromatic rings. The summed E-state index contributed by atoms with van der Waals surface area (Å²) in [6.07, 6.45) is -0.0490. The molecule has 1 N–H and O–H groups in total. The second kappa shape index (κ2) is 6.40. The molecule has 0 fully saturated rings. The van der Waals surface area contributed by atoms with Crippen molar-refractivity contribution in [1.82, 2.24) is 0 Å². The van der Waals surface area contributed by atoms with Crippen molar-refractivity contribution >= 4 is 16.7 Å². The number of hydrogen-bond acceptors (Lipinski definition) is 3. The molecule has 3 aromatic carbocycles. The highest BCUT2D eigenvalue weighted by Crippen LogP contribution is 2.33. The molecule has 4 nitrogen and oxygen atoms in total. The Kier molecular flexibility index (Phi) is 4.15. The molecule has 0 saturated carbocycles. The maximum absolute atomic E-state index is 10.8. The Labute approximate surface area is 133 Å². The van der Waals surface area contributed by atoms with E-state index in [1.54, 1.807) is 18.2 Å². The minimum atomic E-state index is -0.879. The summed E-state index contributed by atoms with van der Waals surface area (Å²) >= 11 is 0. The third kappa shape index (κ3) is 3.43. The number of hydrogen-bond donors (Lipinski definition) is 1. The van der Waals surface area contributed by atoms with Crippen LogP contribution >= 0.6 is 0 Å². The Bertz CT molecular complexity index is 855. The van der Waals surface area contributed by atoms with Crippen LogP contribution in [0.3, 0.4) is 0 Å². The van der Waals surface area contributed by atoms with Crippen molar-refractivity contribution in [3.05, 3.63) is 66.2 Å². The van der Waals surface area contributed by atoms with Crippen molar-refractivity contribution < 1.29 is 19.4 Å². The van der Waals surface area contributed by atoms with E-state index in [-0.39, 0.29) is 6.42 Å². The third-order valence-electron chi connectivity index (χ3n) is 3.53. The topological polar surface area (TPSA) is 55.8 Å². The molecule has 23 heavy (non-hydrogen) atoms. The van der Waals surface area contributed by atoms with Gasteiger partial charge < -0.3 is 14.6 Å². The van der Waals surface area contributed by atoms with Crippen LogP contribution in [0.2, 0.25) is 0 Å². The molecule has 0 aliphatic carbocycles. The van der Waals surface area contributed by atoms with Gasteiger partial charge in [0.05, 0.1) is 13.5 Å². The first kappa shape index (κ1) is 14.9. The second-order valence-electron chi connectivity index (χ2n) is 5.17. The van der Waals surface area contributed by atoms with E-state index in [1.807, 2.05) is 42.5 Å². The monoisotopic (exact) mass is 308 g/mol. The molecule has 0 radical (unpaired) electrons. The molecular weight excluding hydrogens is 292 g/mol. The van der Waals surface area contributed by atoms with Crippen LogP contribution in [0.25, 0.3) is 10.8 Å². The predicted molar refractivity (Wildman–Crippen MR) is 88.4 cm³/mol. The summed E-state index contributed by atoms with van der Waals surface area (Å²) in [6.45, 7) is 0. The van der Waals surface area contributed by atoms with Crippen molar-refractivity contribution in [1.29, 1.82) is 0 Å². The van der Waals surface area contributed by atoms with Crippen LogP contribution in [0.1, 0.15) is 5.56 Å². The van der Waals surface area contributed by atoms with Gasteiger partial charge in [0, 0.05) is 0 Å². The molecule has 3 rings (SSSR count). The van der Waals surface area contributed by atoms with Crippen LogP contribution in [-0.4, -0.2) is 18.2 Å². The van der Waals surface area contributed by atoms with E-state index in [9.17, 15) is 4.79 Å². The largest absolute Gasteiger partial charge is 0.493 e. The summed E-state index contributed by atoms with van der Waals surface area (Å²) in [6, 6.07) is 19.0. The van der Waals surface area contributed by atoms with Gasteiger partial charge in [-0.2, -0.15) is 0 Å². The molecule has 0 heterocycles. The summed E-state index contributed by atoms with van der Waals surface area (Å²) in [5.74, 6) is 0.886. The number of rotatable bonds is 5. The highest BCUT2D eigenvalue weighted by Gasteiger charge is 2.09. The molecule has 0 amide bonds. The molecule has 0 aromatic heterocycles. The Morgan fingerprint density at radius 2 is 1.74 bits per heavy atom. The minimum Gasteiger partial charge on any atom is -0.493 e. The number of carboxylic acids is 1. The van der Waals surface area contributed by atoms with E-state index in [1.165, 1.54) is 7.11 Å². The van der Waals surface area contributed by atoms with Gasteiger partial charge in [-0.05, 0) is 40.6 Å². The fourth-order valence-corrected chi connectivity index (χ4v) is 2.44. The number of carboxylic acid groups (broad SMARTS) is 1. The summed E-state index contributed by atoms with van der Waals surface area (Å²) in [7, 11) is 1.53. The van der Waals surface area contributed by atoms with E-state index in [4.69, 9.17) is 14.6 Å². The lowest BCUT2D eigenvalue weighted by molar-refractivity contribution is -0.136. The third-order valence-corrected chi connectivity index (χ3v) is 3.53. The first-order chi connectivity index (χ1) is 11.2. The van der Waals surface area contributed by atoms with Gasteiger partial charge in [-0.3, -0.25) is 4.79 Å². The lowest BCUT2D eigenvalue weighted by Gasteiger charge is -2.12. The average molecular weight is 308 g/mol. The Balaban J connectivity index is 1.89. The van der Waals surface area contributed by atoms with Gasteiger partial charge in [-0.1, -0.05) is 36.4 Å². The lowest BCUT2D eigenvalue weighted by Crippen LogP contribution is -2.00. The minimum absolute atomic E-state index is 0.0490. The number of methoxy groups -OCH3 is 1. The fraction of sp³-hybridized carbons (Fsp3) is 0.105. The van der Waals surface area contributed by atoms with Gasteiger partial charge in [-0.25, -0.2) is 0 Å². The molecule has 0 aliphatic heterocycles. The van der Waals surface area contributed by atoms with Crippen LogP contribution < -0.4 is 9.47 Å². The first-order valence-electron chi connectivity index (χ1n) is 7.21. The summed E-state index contributed by atoms with van der Waals surface area (Å²) in [5.41, 5.74) is 0.667. The van der Waals surface area contributed by atoms with Gasteiger partial charge in [0.2, 0.25) is 0 Å². The molecule has 0 atom stereocenters. The molecule has 116 valence electrons. The van der Waals surface area contributed by atoms with E-state index in [0.717, 1.165) is 10.8 Å². The van der Waals surface area contributed by atoms with Crippen LogP contribution in [0.4, 0.5) is 0 Å². The highest BCUT2D eigenvalue weighted by atomic mass is 16.5. The number of carbonyl (C=O) groups is 1. The fourth-order valence-electron chi connectivity index (χ4n) is 2.44. The van der Waals surface area contributed by atoms with E-state index >= 15 is 0 Å². The summed E-state index contributed by atoms with van der Waals surface area (Å²) in [4.78, 5) is 10.8. The zero-order chi connectivity index (χ0) is 16.2. The smallest absolute Gasteiger partial charge is 0.307 e. The van der Waals surface area contributed by atoms with E-state index in [2.05, 4.69) is 0 Å². The molecule has 0 spiro atoms. The van der Waals surface area contributed by atoms with Crippen LogP contribution in [0, 0.1) is 0 Å². The molecule has 0 saturated heterocycles. The second-order valence-corrected chi connectivity index (χ2v) is 5.17.